The van der Waals surface area contributed by atoms with Crippen LogP contribution in [0.5, 0.6) is 0 Å². The van der Waals surface area contributed by atoms with Crippen LogP contribution >= 0.6 is 0 Å². The van der Waals surface area contributed by atoms with Crippen LogP contribution in [0.25, 0.3) is 11.0 Å². The van der Waals surface area contributed by atoms with E-state index in [9.17, 15) is 4.79 Å². The van der Waals surface area contributed by atoms with E-state index in [0.29, 0.717) is 18.0 Å². The summed E-state index contributed by atoms with van der Waals surface area (Å²) in [6.07, 6.45) is 4.19. The summed E-state index contributed by atoms with van der Waals surface area (Å²) in [4.78, 5) is 22.7. The van der Waals surface area contributed by atoms with Gasteiger partial charge in [0, 0.05) is 25.6 Å². The van der Waals surface area contributed by atoms with Gasteiger partial charge < -0.3 is 15.2 Å². The summed E-state index contributed by atoms with van der Waals surface area (Å²) >= 11 is 0. The van der Waals surface area contributed by atoms with E-state index in [4.69, 9.17) is 0 Å². The Morgan fingerprint density at radius 3 is 2.92 bits per heavy atom. The molecule has 1 aromatic heterocycles. The predicted octanol–water partition coefficient (Wildman–Crippen LogP) is 3.72. The lowest BCUT2D eigenvalue weighted by Crippen LogP contribution is -2.44. The van der Waals surface area contributed by atoms with Crippen molar-refractivity contribution in [2.24, 2.45) is 10.8 Å². The van der Waals surface area contributed by atoms with Crippen LogP contribution in [0.1, 0.15) is 45.9 Å². The number of aromatic amines is 1. The highest BCUT2D eigenvalue weighted by Gasteiger charge is 2.50. The van der Waals surface area contributed by atoms with E-state index in [-0.39, 0.29) is 11.4 Å². The van der Waals surface area contributed by atoms with Crippen LogP contribution < -0.4 is 5.32 Å². The van der Waals surface area contributed by atoms with Crippen molar-refractivity contribution < 1.29 is 4.79 Å². The zero-order chi connectivity index (χ0) is 17.7. The minimum absolute atomic E-state index is 0.0857. The van der Waals surface area contributed by atoms with E-state index in [0.717, 1.165) is 42.7 Å². The van der Waals surface area contributed by atoms with E-state index in [2.05, 4.69) is 41.0 Å². The third-order valence-corrected chi connectivity index (χ3v) is 5.75. The van der Waals surface area contributed by atoms with Crippen molar-refractivity contribution in [2.45, 2.75) is 52.5 Å². The van der Waals surface area contributed by atoms with Gasteiger partial charge in [-0.2, -0.15) is 0 Å². The molecule has 5 heteroatoms. The molecule has 4 rings (SSSR count). The summed E-state index contributed by atoms with van der Waals surface area (Å²) in [6.45, 7) is 8.50. The van der Waals surface area contributed by atoms with Crippen molar-refractivity contribution in [3.8, 4) is 0 Å². The molecule has 2 bridgehead atoms. The van der Waals surface area contributed by atoms with Crippen molar-refractivity contribution in [3.05, 3.63) is 30.1 Å². The zero-order valence-electron chi connectivity index (χ0n) is 15.4. The molecule has 1 aliphatic carbocycles. The van der Waals surface area contributed by atoms with E-state index in [1.165, 1.54) is 6.42 Å². The molecule has 2 atom stereocenters. The maximum absolute atomic E-state index is 12.7. The maximum atomic E-state index is 12.7. The number of amides is 2. The van der Waals surface area contributed by atoms with Crippen molar-refractivity contribution in [1.29, 1.82) is 0 Å². The standard InChI is InChI=1S/C20H28N4O/c1-19(2)10-14-11-20(3,12-19)13-24(14)18(25)21-9-8-17-22-15-6-4-5-7-16(15)23-17/h4-7,14H,8-13H2,1-3H3,(H,21,25)(H,22,23). The first kappa shape index (κ1) is 16.4. The Labute approximate surface area is 149 Å². The molecule has 2 amide bonds. The number of nitrogens with zero attached hydrogens (tertiary/aromatic N) is 2. The Morgan fingerprint density at radius 2 is 2.12 bits per heavy atom. The molecule has 2 aromatic rings. The number of hydrogen-bond acceptors (Lipinski definition) is 2. The number of fused-ring (bicyclic) bond motifs is 3. The largest absolute Gasteiger partial charge is 0.342 e. The maximum Gasteiger partial charge on any atom is 0.317 e. The molecular weight excluding hydrogens is 312 g/mol. The van der Waals surface area contributed by atoms with E-state index in [1.54, 1.807) is 0 Å². The highest BCUT2D eigenvalue weighted by molar-refractivity contribution is 5.76. The van der Waals surface area contributed by atoms with Crippen LogP contribution in [0.15, 0.2) is 24.3 Å². The molecule has 25 heavy (non-hydrogen) atoms. The molecule has 2 fully saturated rings. The first-order valence-electron chi connectivity index (χ1n) is 9.32. The third-order valence-electron chi connectivity index (χ3n) is 5.75. The van der Waals surface area contributed by atoms with Gasteiger partial charge in [0.1, 0.15) is 5.82 Å². The fourth-order valence-corrected chi connectivity index (χ4v) is 5.21. The molecular formula is C20H28N4O. The Balaban J connectivity index is 1.35. The number of urea groups is 1. The van der Waals surface area contributed by atoms with Crippen LogP contribution in [0.3, 0.4) is 0 Å². The normalized spacial score (nSPS) is 27.6. The molecule has 0 spiro atoms. The van der Waals surface area contributed by atoms with Crippen LogP contribution in [0.2, 0.25) is 0 Å². The van der Waals surface area contributed by atoms with Gasteiger partial charge >= 0.3 is 6.03 Å². The molecule has 0 radical (unpaired) electrons. The summed E-state index contributed by atoms with van der Waals surface area (Å²) in [5.41, 5.74) is 2.64. The minimum atomic E-state index is 0.0857. The number of para-hydroxylation sites is 2. The van der Waals surface area contributed by atoms with Gasteiger partial charge in [-0.25, -0.2) is 9.78 Å². The molecule has 2 heterocycles. The molecule has 2 aliphatic rings. The quantitative estimate of drug-likeness (QED) is 0.894. The summed E-state index contributed by atoms with van der Waals surface area (Å²) < 4.78 is 0. The lowest BCUT2D eigenvalue weighted by molar-refractivity contribution is 0.129. The molecule has 5 nitrogen and oxygen atoms in total. The highest BCUT2D eigenvalue weighted by atomic mass is 16.2. The lowest BCUT2D eigenvalue weighted by atomic mass is 9.65. The van der Waals surface area contributed by atoms with Crippen molar-refractivity contribution in [1.82, 2.24) is 20.2 Å². The highest BCUT2D eigenvalue weighted by Crippen LogP contribution is 2.52. The first-order chi connectivity index (χ1) is 11.8. The number of aromatic nitrogens is 2. The fraction of sp³-hybridized carbons (Fsp3) is 0.600. The summed E-state index contributed by atoms with van der Waals surface area (Å²) in [5.74, 6) is 0.926. The average molecular weight is 340 g/mol. The average Bonchev–Trinajstić information content (AvgIpc) is 3.03. The van der Waals surface area contributed by atoms with Gasteiger partial charge in [0.15, 0.2) is 0 Å². The van der Waals surface area contributed by atoms with Gasteiger partial charge in [-0.1, -0.05) is 32.9 Å². The molecule has 1 saturated carbocycles. The minimum Gasteiger partial charge on any atom is -0.342 e. The number of carbonyl (C=O) groups is 1. The Kier molecular flexibility index (Phi) is 3.78. The van der Waals surface area contributed by atoms with Crippen molar-refractivity contribution in [3.63, 3.8) is 0 Å². The number of likely N-dealkylation sites (tertiary alicyclic amines) is 1. The van der Waals surface area contributed by atoms with Crippen LogP contribution in [0.4, 0.5) is 4.79 Å². The number of H-pyrrole nitrogens is 1. The van der Waals surface area contributed by atoms with E-state index >= 15 is 0 Å². The lowest BCUT2D eigenvalue weighted by Gasteiger charge is -2.39. The third kappa shape index (κ3) is 3.24. The Morgan fingerprint density at radius 1 is 1.32 bits per heavy atom. The van der Waals surface area contributed by atoms with Gasteiger partial charge in [-0.3, -0.25) is 0 Å². The van der Waals surface area contributed by atoms with Gasteiger partial charge in [0.2, 0.25) is 0 Å². The van der Waals surface area contributed by atoms with Crippen LogP contribution in [0, 0.1) is 10.8 Å². The van der Waals surface area contributed by atoms with Crippen LogP contribution in [-0.4, -0.2) is 40.0 Å². The molecule has 2 unspecified atom stereocenters. The number of benzene rings is 1. The number of nitrogens with one attached hydrogen (secondary N) is 2. The molecule has 2 N–H and O–H groups in total. The van der Waals surface area contributed by atoms with Crippen molar-refractivity contribution in [2.75, 3.05) is 13.1 Å². The smallest absolute Gasteiger partial charge is 0.317 e. The summed E-state index contributed by atoms with van der Waals surface area (Å²) in [7, 11) is 0. The zero-order valence-corrected chi connectivity index (χ0v) is 15.4. The van der Waals surface area contributed by atoms with Crippen LogP contribution in [-0.2, 0) is 6.42 Å². The monoisotopic (exact) mass is 340 g/mol. The number of imidazole rings is 1. The van der Waals surface area contributed by atoms with Crippen molar-refractivity contribution >= 4 is 17.1 Å². The molecule has 1 saturated heterocycles. The SMILES string of the molecule is CC1(C)CC2CC(C)(CN2C(=O)NCCc2nc3ccccc3[nH]2)C1. The predicted molar refractivity (Wildman–Crippen MR) is 99.4 cm³/mol. The molecule has 1 aliphatic heterocycles. The number of carbonyl (C=O) groups excluding carboxylic acids is 1. The van der Waals surface area contributed by atoms with E-state index < -0.39 is 0 Å². The number of hydrogen-bond donors (Lipinski definition) is 2. The van der Waals surface area contributed by atoms with E-state index in [1.807, 2.05) is 24.3 Å². The van der Waals surface area contributed by atoms with Gasteiger partial charge in [0.25, 0.3) is 0 Å². The molecule has 1 aromatic carbocycles. The van der Waals surface area contributed by atoms with Gasteiger partial charge in [-0.15, -0.1) is 0 Å². The number of rotatable bonds is 3. The second-order valence-corrected chi connectivity index (χ2v) is 9.02. The first-order valence-corrected chi connectivity index (χ1v) is 9.32. The van der Waals surface area contributed by atoms with Gasteiger partial charge in [-0.05, 0) is 42.2 Å². The Bertz CT molecular complexity index is 763. The fourth-order valence-electron chi connectivity index (χ4n) is 5.21. The second-order valence-electron chi connectivity index (χ2n) is 9.02. The summed E-state index contributed by atoms with van der Waals surface area (Å²) in [6, 6.07) is 8.49. The topological polar surface area (TPSA) is 61.0 Å². The second kappa shape index (κ2) is 5.75. The van der Waals surface area contributed by atoms with Gasteiger partial charge in [0.05, 0.1) is 11.0 Å². The molecule has 134 valence electrons. The Hall–Kier alpha value is -2.04. The summed E-state index contributed by atoms with van der Waals surface area (Å²) in [5, 5.41) is 3.10.